The second kappa shape index (κ2) is 6.80. The van der Waals surface area contributed by atoms with Crippen molar-refractivity contribution in [2.45, 2.75) is 19.8 Å². The molecule has 1 aliphatic heterocycles. The quantitative estimate of drug-likeness (QED) is 0.724. The Bertz CT molecular complexity index is 195. The van der Waals surface area contributed by atoms with Gasteiger partial charge in [-0.2, -0.15) is 0 Å². The number of rotatable bonds is 5. The Morgan fingerprint density at radius 1 is 1.60 bits per heavy atom. The predicted octanol–water partition coefficient (Wildman–Crippen LogP) is 0.481. The summed E-state index contributed by atoms with van der Waals surface area (Å²) in [6.07, 6.45) is 2.34. The lowest BCUT2D eigenvalue weighted by Gasteiger charge is -2.32. The van der Waals surface area contributed by atoms with Gasteiger partial charge in [0, 0.05) is 19.7 Å². The van der Waals surface area contributed by atoms with E-state index in [1.165, 1.54) is 6.42 Å². The number of piperidine rings is 1. The highest BCUT2D eigenvalue weighted by atomic mass is 16.5. The number of likely N-dealkylation sites (tertiary alicyclic amines) is 1. The molecule has 1 rings (SSSR count). The molecule has 1 N–H and O–H groups in total. The molecule has 1 heterocycles. The molecule has 1 atom stereocenters. The third-order valence-corrected chi connectivity index (χ3v) is 2.79. The number of ether oxygens (including phenoxy) is 1. The lowest BCUT2D eigenvalue weighted by Crippen LogP contribution is -2.43. The van der Waals surface area contributed by atoms with E-state index in [0.717, 1.165) is 26.1 Å². The van der Waals surface area contributed by atoms with Crippen LogP contribution >= 0.6 is 0 Å². The first-order valence-corrected chi connectivity index (χ1v) is 5.78. The Labute approximate surface area is 92.0 Å². The van der Waals surface area contributed by atoms with Crippen LogP contribution in [0.5, 0.6) is 0 Å². The third-order valence-electron chi connectivity index (χ3n) is 2.79. The lowest BCUT2D eigenvalue weighted by molar-refractivity contribution is -0.137. The van der Waals surface area contributed by atoms with Crippen molar-refractivity contribution in [3.63, 3.8) is 0 Å². The number of carbonyl (C=O) groups is 1. The zero-order valence-electron chi connectivity index (χ0n) is 9.79. The van der Waals surface area contributed by atoms with E-state index in [0.29, 0.717) is 12.5 Å². The number of carbonyl (C=O) groups excluding carboxylic acids is 1. The molecule has 0 aliphatic carbocycles. The van der Waals surface area contributed by atoms with E-state index in [1.807, 2.05) is 18.9 Å². The van der Waals surface area contributed by atoms with E-state index >= 15 is 0 Å². The Balaban J connectivity index is 2.31. The maximum absolute atomic E-state index is 11.7. The average molecular weight is 214 g/mol. The molecule has 0 saturated carbocycles. The Morgan fingerprint density at radius 2 is 2.40 bits per heavy atom. The molecule has 1 saturated heterocycles. The predicted molar refractivity (Wildman–Crippen MR) is 59.7 cm³/mol. The monoisotopic (exact) mass is 214 g/mol. The molecule has 1 fully saturated rings. The fourth-order valence-corrected chi connectivity index (χ4v) is 2.03. The highest BCUT2D eigenvalue weighted by Gasteiger charge is 2.22. The summed E-state index contributed by atoms with van der Waals surface area (Å²) in [7, 11) is 1.96. The molecular weight excluding hydrogens is 192 g/mol. The lowest BCUT2D eigenvalue weighted by atomic mass is 9.98. The van der Waals surface area contributed by atoms with Crippen LogP contribution in [0.15, 0.2) is 0 Å². The van der Waals surface area contributed by atoms with Gasteiger partial charge in [-0.25, -0.2) is 0 Å². The summed E-state index contributed by atoms with van der Waals surface area (Å²) in [6, 6.07) is 0. The van der Waals surface area contributed by atoms with Crippen LogP contribution in [0.2, 0.25) is 0 Å². The van der Waals surface area contributed by atoms with Gasteiger partial charge in [0.05, 0.1) is 0 Å². The van der Waals surface area contributed by atoms with Crippen molar-refractivity contribution in [2.24, 2.45) is 5.92 Å². The minimum Gasteiger partial charge on any atom is -0.372 e. The summed E-state index contributed by atoms with van der Waals surface area (Å²) in [5.41, 5.74) is 0. The molecule has 1 unspecified atom stereocenters. The Hall–Kier alpha value is -0.610. The van der Waals surface area contributed by atoms with Crippen molar-refractivity contribution in [2.75, 3.05) is 39.9 Å². The molecule has 15 heavy (non-hydrogen) atoms. The number of hydrogen-bond acceptors (Lipinski definition) is 3. The molecule has 1 aliphatic rings. The van der Waals surface area contributed by atoms with Gasteiger partial charge in [0.25, 0.3) is 0 Å². The van der Waals surface area contributed by atoms with Crippen molar-refractivity contribution in [1.82, 2.24) is 10.2 Å². The maximum atomic E-state index is 11.7. The van der Waals surface area contributed by atoms with Gasteiger partial charge in [-0.05, 0) is 39.3 Å². The molecule has 0 aromatic heterocycles. The largest absolute Gasteiger partial charge is 0.372 e. The van der Waals surface area contributed by atoms with Gasteiger partial charge >= 0.3 is 0 Å². The first kappa shape index (κ1) is 12.5. The van der Waals surface area contributed by atoms with Crippen LogP contribution in [0.25, 0.3) is 0 Å². The summed E-state index contributed by atoms with van der Waals surface area (Å²) < 4.78 is 5.14. The van der Waals surface area contributed by atoms with Crippen molar-refractivity contribution in [3.8, 4) is 0 Å². The van der Waals surface area contributed by atoms with Crippen LogP contribution in [0, 0.1) is 5.92 Å². The second-order valence-corrected chi connectivity index (χ2v) is 4.04. The van der Waals surface area contributed by atoms with Gasteiger partial charge in [-0.3, -0.25) is 4.79 Å². The highest BCUT2D eigenvalue weighted by Crippen LogP contribution is 2.15. The van der Waals surface area contributed by atoms with E-state index < -0.39 is 0 Å². The standard InChI is InChI=1S/C11H22N2O2/c1-3-15-9-11(14)13-6-4-5-10(8-13)7-12-2/h10,12H,3-9H2,1-2H3. The summed E-state index contributed by atoms with van der Waals surface area (Å²) in [4.78, 5) is 13.6. The minimum absolute atomic E-state index is 0.137. The third kappa shape index (κ3) is 4.18. The molecule has 4 nitrogen and oxygen atoms in total. The van der Waals surface area contributed by atoms with E-state index in [2.05, 4.69) is 5.32 Å². The first-order valence-electron chi connectivity index (χ1n) is 5.78. The van der Waals surface area contributed by atoms with Gasteiger partial charge in [0.2, 0.25) is 5.91 Å². The normalized spacial score (nSPS) is 21.7. The molecule has 0 radical (unpaired) electrons. The SMILES string of the molecule is CCOCC(=O)N1CCCC(CNC)C1. The molecule has 1 amide bonds. The molecule has 0 aromatic carbocycles. The number of nitrogens with zero attached hydrogens (tertiary/aromatic N) is 1. The molecule has 4 heteroatoms. The smallest absolute Gasteiger partial charge is 0.248 e. The molecule has 0 aromatic rings. The van der Waals surface area contributed by atoms with Crippen molar-refractivity contribution < 1.29 is 9.53 Å². The summed E-state index contributed by atoms with van der Waals surface area (Å²) in [6.45, 7) is 5.53. The van der Waals surface area contributed by atoms with Gasteiger partial charge in [-0.15, -0.1) is 0 Å². The van der Waals surface area contributed by atoms with E-state index in [9.17, 15) is 4.79 Å². The highest BCUT2D eigenvalue weighted by molar-refractivity contribution is 5.77. The number of amides is 1. The number of hydrogen-bond donors (Lipinski definition) is 1. The minimum atomic E-state index is 0.137. The summed E-state index contributed by atoms with van der Waals surface area (Å²) in [5, 5.41) is 3.17. The van der Waals surface area contributed by atoms with Crippen LogP contribution in [0.1, 0.15) is 19.8 Å². The second-order valence-electron chi connectivity index (χ2n) is 4.04. The zero-order valence-corrected chi connectivity index (χ0v) is 9.79. The molecule has 0 spiro atoms. The van der Waals surface area contributed by atoms with Crippen molar-refractivity contribution in [1.29, 1.82) is 0 Å². The van der Waals surface area contributed by atoms with Gasteiger partial charge in [0.15, 0.2) is 0 Å². The van der Waals surface area contributed by atoms with Crippen molar-refractivity contribution in [3.05, 3.63) is 0 Å². The fraction of sp³-hybridized carbons (Fsp3) is 0.909. The van der Waals surface area contributed by atoms with Crippen molar-refractivity contribution >= 4 is 5.91 Å². The topological polar surface area (TPSA) is 41.6 Å². The molecule has 88 valence electrons. The van der Waals surface area contributed by atoms with Gasteiger partial charge in [0.1, 0.15) is 6.61 Å². The van der Waals surface area contributed by atoms with Crippen LogP contribution in [0.4, 0.5) is 0 Å². The summed E-state index contributed by atoms with van der Waals surface area (Å²) in [5.74, 6) is 0.743. The van der Waals surface area contributed by atoms with Crippen LogP contribution in [-0.2, 0) is 9.53 Å². The van der Waals surface area contributed by atoms with E-state index in [1.54, 1.807) is 0 Å². The zero-order chi connectivity index (χ0) is 11.1. The van der Waals surface area contributed by atoms with Crippen LogP contribution in [-0.4, -0.2) is 50.7 Å². The molecular formula is C11H22N2O2. The van der Waals surface area contributed by atoms with Crippen LogP contribution < -0.4 is 5.32 Å². The first-order chi connectivity index (χ1) is 7.27. The van der Waals surface area contributed by atoms with Crippen LogP contribution in [0.3, 0.4) is 0 Å². The number of nitrogens with one attached hydrogen (secondary N) is 1. The van der Waals surface area contributed by atoms with E-state index in [-0.39, 0.29) is 12.5 Å². The summed E-state index contributed by atoms with van der Waals surface area (Å²) >= 11 is 0. The maximum Gasteiger partial charge on any atom is 0.248 e. The Morgan fingerprint density at radius 3 is 3.07 bits per heavy atom. The Kier molecular flexibility index (Phi) is 5.65. The van der Waals surface area contributed by atoms with Gasteiger partial charge < -0.3 is 15.0 Å². The van der Waals surface area contributed by atoms with E-state index in [4.69, 9.17) is 4.74 Å². The van der Waals surface area contributed by atoms with Gasteiger partial charge in [-0.1, -0.05) is 0 Å². The molecule has 0 bridgehead atoms. The average Bonchev–Trinajstić information content (AvgIpc) is 2.27. The fourth-order valence-electron chi connectivity index (χ4n) is 2.03.